The van der Waals surface area contributed by atoms with Crippen LogP contribution in [0.1, 0.15) is 117 Å². The molecule has 2 heteroatoms. The molecule has 0 saturated carbocycles. The van der Waals surface area contributed by atoms with Crippen LogP contribution in [-0.4, -0.2) is 18.0 Å². The molecule has 2 nitrogen and oxygen atoms in total. The fourth-order valence-corrected chi connectivity index (χ4v) is 3.97. The normalized spacial score (nSPS) is 14.3. The number of unbranched alkanes of at least 4 members (excludes halogenated alkanes) is 12. The van der Waals surface area contributed by atoms with Gasteiger partial charge in [0.2, 0.25) is 0 Å². The molecule has 0 heterocycles. The summed E-state index contributed by atoms with van der Waals surface area (Å²) in [5.41, 5.74) is 9.73. The van der Waals surface area contributed by atoms with E-state index in [4.69, 9.17) is 5.73 Å². The third kappa shape index (κ3) is 11.6. The lowest BCUT2D eigenvalue weighted by Gasteiger charge is -2.27. The monoisotopic (exact) mass is 388 g/mol. The van der Waals surface area contributed by atoms with Gasteiger partial charge >= 0.3 is 0 Å². The standard InChI is InChI=1S/C26H48N2/c1-4-6-8-10-12-13-15-17-22-28(21-16-14-11-9-7-5-2)25-19-18-20-26(27)24(3)23-25/h18,20,23H,4-17,19,21-22,27H2,1-3H3. The first-order valence-electron chi connectivity index (χ1n) is 12.3. The fourth-order valence-electron chi connectivity index (χ4n) is 3.97. The highest BCUT2D eigenvalue weighted by molar-refractivity contribution is 5.35. The van der Waals surface area contributed by atoms with Crippen LogP contribution in [0, 0.1) is 0 Å². The fraction of sp³-hybridized carbons (Fsp3) is 0.769. The van der Waals surface area contributed by atoms with E-state index in [1.54, 1.807) is 0 Å². The zero-order valence-electron chi connectivity index (χ0n) is 19.3. The van der Waals surface area contributed by atoms with Gasteiger partial charge in [-0.2, -0.15) is 0 Å². The Morgan fingerprint density at radius 3 is 1.71 bits per heavy atom. The van der Waals surface area contributed by atoms with Gasteiger partial charge in [-0.05, 0) is 37.5 Å². The molecule has 1 aliphatic carbocycles. The Morgan fingerprint density at radius 2 is 1.21 bits per heavy atom. The number of allylic oxidation sites excluding steroid dienone is 4. The van der Waals surface area contributed by atoms with Gasteiger partial charge in [0.25, 0.3) is 0 Å². The maximum atomic E-state index is 6.13. The zero-order chi connectivity index (χ0) is 20.5. The second-order valence-electron chi connectivity index (χ2n) is 8.61. The SMILES string of the molecule is CCCCCCCCCCN(CCCCCCCC)C1=CC(C)=C(N)C=CC1. The smallest absolute Gasteiger partial charge is 0.0341 e. The molecule has 1 aliphatic rings. The average Bonchev–Trinajstić information content (AvgIpc) is 2.86. The summed E-state index contributed by atoms with van der Waals surface area (Å²) in [7, 11) is 0. The summed E-state index contributed by atoms with van der Waals surface area (Å²) in [5, 5.41) is 0. The molecular formula is C26H48N2. The van der Waals surface area contributed by atoms with Gasteiger partial charge in [-0.1, -0.05) is 97.0 Å². The number of rotatable bonds is 17. The van der Waals surface area contributed by atoms with E-state index >= 15 is 0 Å². The largest absolute Gasteiger partial charge is 0.399 e. The van der Waals surface area contributed by atoms with Crippen LogP contribution in [0.25, 0.3) is 0 Å². The third-order valence-electron chi connectivity index (χ3n) is 5.93. The van der Waals surface area contributed by atoms with Crippen molar-refractivity contribution in [2.24, 2.45) is 5.73 Å². The number of hydrogen-bond acceptors (Lipinski definition) is 2. The summed E-state index contributed by atoms with van der Waals surface area (Å²) in [6, 6.07) is 0. The van der Waals surface area contributed by atoms with Crippen LogP contribution >= 0.6 is 0 Å². The lowest BCUT2D eigenvalue weighted by Crippen LogP contribution is -2.25. The first kappa shape index (κ1) is 24.9. The number of nitrogens with zero attached hydrogens (tertiary/aromatic N) is 1. The molecule has 1 rings (SSSR count). The van der Waals surface area contributed by atoms with Gasteiger partial charge in [0.05, 0.1) is 0 Å². The lowest BCUT2D eigenvalue weighted by molar-refractivity contribution is 0.317. The summed E-state index contributed by atoms with van der Waals surface area (Å²) in [4.78, 5) is 2.66. The van der Waals surface area contributed by atoms with Gasteiger partial charge in [0, 0.05) is 30.9 Å². The second kappa shape index (κ2) is 16.7. The predicted octanol–water partition coefficient (Wildman–Crippen LogP) is 7.87. The van der Waals surface area contributed by atoms with Crippen molar-refractivity contribution in [2.45, 2.75) is 117 Å². The topological polar surface area (TPSA) is 29.3 Å². The highest BCUT2D eigenvalue weighted by Crippen LogP contribution is 2.20. The second-order valence-corrected chi connectivity index (χ2v) is 8.61. The molecule has 0 bridgehead atoms. The van der Waals surface area contributed by atoms with E-state index in [0.717, 1.165) is 12.1 Å². The minimum atomic E-state index is 0.918. The maximum absolute atomic E-state index is 6.13. The summed E-state index contributed by atoms with van der Waals surface area (Å²) >= 11 is 0. The quantitative estimate of drug-likeness (QED) is 0.257. The molecule has 0 radical (unpaired) electrons. The Hall–Kier alpha value is -1.18. The summed E-state index contributed by atoms with van der Waals surface area (Å²) in [6.07, 6.45) is 27.0. The summed E-state index contributed by atoms with van der Waals surface area (Å²) < 4.78 is 0. The summed E-state index contributed by atoms with van der Waals surface area (Å²) in [5.74, 6) is 0. The van der Waals surface area contributed by atoms with E-state index in [1.165, 1.54) is 114 Å². The molecule has 0 saturated heterocycles. The molecular weight excluding hydrogens is 340 g/mol. The maximum Gasteiger partial charge on any atom is 0.0341 e. The Morgan fingerprint density at radius 1 is 0.750 bits per heavy atom. The van der Waals surface area contributed by atoms with E-state index in [9.17, 15) is 0 Å². The van der Waals surface area contributed by atoms with Crippen molar-refractivity contribution in [3.05, 3.63) is 35.2 Å². The van der Waals surface area contributed by atoms with Gasteiger partial charge in [0.15, 0.2) is 0 Å². The molecule has 0 aromatic rings. The molecule has 2 N–H and O–H groups in total. The molecule has 0 aliphatic heterocycles. The van der Waals surface area contributed by atoms with Crippen molar-refractivity contribution >= 4 is 0 Å². The van der Waals surface area contributed by atoms with Gasteiger partial charge in [-0.15, -0.1) is 0 Å². The Labute approximate surface area is 176 Å². The first-order chi connectivity index (χ1) is 13.7. The van der Waals surface area contributed by atoms with Crippen molar-refractivity contribution in [2.75, 3.05) is 13.1 Å². The average molecular weight is 389 g/mol. The minimum Gasteiger partial charge on any atom is -0.399 e. The van der Waals surface area contributed by atoms with E-state index in [1.807, 2.05) is 0 Å². The molecule has 162 valence electrons. The van der Waals surface area contributed by atoms with E-state index in [0.29, 0.717) is 0 Å². The van der Waals surface area contributed by atoms with Crippen LogP contribution in [-0.2, 0) is 0 Å². The molecule has 0 atom stereocenters. The van der Waals surface area contributed by atoms with Crippen LogP contribution in [0.4, 0.5) is 0 Å². The van der Waals surface area contributed by atoms with E-state index < -0.39 is 0 Å². The Balaban J connectivity index is 2.42. The third-order valence-corrected chi connectivity index (χ3v) is 5.93. The van der Waals surface area contributed by atoms with Gasteiger partial charge in [-0.3, -0.25) is 0 Å². The van der Waals surface area contributed by atoms with Crippen molar-refractivity contribution in [1.29, 1.82) is 0 Å². The Kier molecular flexibility index (Phi) is 14.9. The molecule has 0 aromatic heterocycles. The van der Waals surface area contributed by atoms with Gasteiger partial charge in [-0.25, -0.2) is 0 Å². The minimum absolute atomic E-state index is 0.918. The van der Waals surface area contributed by atoms with Crippen LogP contribution in [0.3, 0.4) is 0 Å². The van der Waals surface area contributed by atoms with Gasteiger partial charge < -0.3 is 10.6 Å². The van der Waals surface area contributed by atoms with Crippen LogP contribution in [0.5, 0.6) is 0 Å². The van der Waals surface area contributed by atoms with Crippen LogP contribution < -0.4 is 5.73 Å². The van der Waals surface area contributed by atoms with Crippen LogP contribution in [0.15, 0.2) is 35.2 Å². The van der Waals surface area contributed by atoms with Crippen molar-refractivity contribution < 1.29 is 0 Å². The van der Waals surface area contributed by atoms with Crippen molar-refractivity contribution in [1.82, 2.24) is 4.90 Å². The molecule has 0 amide bonds. The Bertz CT molecular complexity index is 473. The highest BCUT2D eigenvalue weighted by atomic mass is 15.1. The molecule has 28 heavy (non-hydrogen) atoms. The first-order valence-corrected chi connectivity index (χ1v) is 12.3. The van der Waals surface area contributed by atoms with Crippen molar-refractivity contribution in [3.8, 4) is 0 Å². The molecule has 0 spiro atoms. The van der Waals surface area contributed by atoms with E-state index in [-0.39, 0.29) is 0 Å². The predicted molar refractivity (Wildman–Crippen MR) is 126 cm³/mol. The highest BCUT2D eigenvalue weighted by Gasteiger charge is 2.11. The number of nitrogens with two attached hydrogens (primary N) is 1. The molecule has 0 fully saturated rings. The van der Waals surface area contributed by atoms with Crippen LogP contribution in [0.2, 0.25) is 0 Å². The van der Waals surface area contributed by atoms with E-state index in [2.05, 4.69) is 43.9 Å². The molecule has 0 unspecified atom stereocenters. The summed E-state index contributed by atoms with van der Waals surface area (Å²) in [6.45, 7) is 9.13. The zero-order valence-corrected chi connectivity index (χ0v) is 19.3. The van der Waals surface area contributed by atoms with Gasteiger partial charge in [0.1, 0.15) is 0 Å². The van der Waals surface area contributed by atoms with Crippen molar-refractivity contribution in [3.63, 3.8) is 0 Å². The number of hydrogen-bond donors (Lipinski definition) is 1. The molecule has 0 aromatic carbocycles. The lowest BCUT2D eigenvalue weighted by atomic mass is 10.1.